The summed E-state index contributed by atoms with van der Waals surface area (Å²) in [6, 6.07) is 8.62. The fourth-order valence-corrected chi connectivity index (χ4v) is 3.77. The molecule has 11 heteroatoms. The van der Waals surface area contributed by atoms with Crippen LogP contribution < -0.4 is 11.0 Å². The van der Waals surface area contributed by atoms with E-state index >= 15 is 0 Å². The molecule has 2 aromatic heterocycles. The summed E-state index contributed by atoms with van der Waals surface area (Å²) in [5, 5.41) is 12.5. The minimum absolute atomic E-state index is 0.0390. The number of anilines is 2. The second kappa shape index (κ2) is 10.4. The maximum atomic E-state index is 12.8. The first-order valence-corrected chi connectivity index (χ1v) is 10.9. The van der Waals surface area contributed by atoms with Crippen molar-refractivity contribution >= 4 is 45.9 Å². The topological polar surface area (TPSA) is 128 Å². The number of fused-ring (bicyclic) bond motifs is 1. The number of benzene rings is 1. The standard InChI is InChI=1S/C23H24ClN5O5/c1-5-34-22(31)17-11-16(15(12-25)20(24)27-17)26-14-6-7-18-19(10-14)29(23(32)28(18)3)9-8-13(2)21(30)33-4/h6-7,10-11,13H,5,8-9H2,1-4H3,(H,26,27). The Morgan fingerprint density at radius 1 is 1.29 bits per heavy atom. The molecule has 2 heterocycles. The third-order valence-electron chi connectivity index (χ3n) is 5.39. The van der Waals surface area contributed by atoms with Gasteiger partial charge in [0.2, 0.25) is 0 Å². The number of nitrogens with zero attached hydrogens (tertiary/aromatic N) is 4. The highest BCUT2D eigenvalue weighted by molar-refractivity contribution is 6.31. The zero-order chi connectivity index (χ0) is 25.0. The van der Waals surface area contributed by atoms with Crippen molar-refractivity contribution in [3.63, 3.8) is 0 Å². The number of hydrogen-bond acceptors (Lipinski definition) is 8. The molecule has 178 valence electrons. The zero-order valence-electron chi connectivity index (χ0n) is 19.2. The lowest BCUT2D eigenvalue weighted by molar-refractivity contribution is -0.145. The van der Waals surface area contributed by atoms with Crippen molar-refractivity contribution < 1.29 is 19.1 Å². The van der Waals surface area contributed by atoms with Crippen LogP contribution >= 0.6 is 11.6 Å². The second-order valence-corrected chi connectivity index (χ2v) is 7.95. The van der Waals surface area contributed by atoms with Crippen LogP contribution in [0.15, 0.2) is 29.1 Å². The van der Waals surface area contributed by atoms with Gasteiger partial charge in [-0.15, -0.1) is 0 Å². The summed E-state index contributed by atoms with van der Waals surface area (Å²) < 4.78 is 12.8. The summed E-state index contributed by atoms with van der Waals surface area (Å²) in [7, 11) is 3.00. The number of pyridine rings is 1. The molecule has 3 rings (SSSR count). The van der Waals surface area contributed by atoms with E-state index in [9.17, 15) is 19.6 Å². The van der Waals surface area contributed by atoms with Crippen molar-refractivity contribution in [2.75, 3.05) is 19.0 Å². The molecule has 1 N–H and O–H groups in total. The Balaban J connectivity index is 2.00. The normalized spacial score (nSPS) is 11.6. The molecule has 0 fully saturated rings. The monoisotopic (exact) mass is 485 g/mol. The lowest BCUT2D eigenvalue weighted by Crippen LogP contribution is -2.24. The fourth-order valence-electron chi connectivity index (χ4n) is 3.53. The minimum atomic E-state index is -0.663. The fraction of sp³-hybridized carbons (Fsp3) is 0.348. The van der Waals surface area contributed by atoms with Gasteiger partial charge in [-0.1, -0.05) is 18.5 Å². The minimum Gasteiger partial charge on any atom is -0.469 e. The number of aryl methyl sites for hydroxylation is 2. The third kappa shape index (κ3) is 4.89. The van der Waals surface area contributed by atoms with Crippen LogP contribution in [-0.4, -0.2) is 39.8 Å². The summed E-state index contributed by atoms with van der Waals surface area (Å²) in [5.74, 6) is -1.37. The summed E-state index contributed by atoms with van der Waals surface area (Å²) in [6.45, 7) is 3.89. The molecule has 0 bridgehead atoms. The number of methoxy groups -OCH3 is 1. The largest absolute Gasteiger partial charge is 0.469 e. The van der Waals surface area contributed by atoms with Crippen molar-refractivity contribution in [3.05, 3.63) is 51.2 Å². The molecular weight excluding hydrogens is 462 g/mol. The SMILES string of the molecule is CCOC(=O)c1cc(Nc2ccc3c(c2)n(CCC(C)C(=O)OC)c(=O)n3C)c(C#N)c(Cl)n1. The Morgan fingerprint density at radius 3 is 2.68 bits per heavy atom. The Bertz CT molecular complexity index is 1350. The number of esters is 2. The Morgan fingerprint density at radius 2 is 2.03 bits per heavy atom. The smallest absolute Gasteiger partial charge is 0.357 e. The summed E-state index contributed by atoms with van der Waals surface area (Å²) in [4.78, 5) is 40.6. The van der Waals surface area contributed by atoms with Crippen molar-refractivity contribution in [1.29, 1.82) is 5.26 Å². The van der Waals surface area contributed by atoms with E-state index in [2.05, 4.69) is 10.3 Å². The number of halogens is 1. The van der Waals surface area contributed by atoms with Gasteiger partial charge in [-0.2, -0.15) is 5.26 Å². The van der Waals surface area contributed by atoms with E-state index < -0.39 is 5.97 Å². The molecule has 1 atom stereocenters. The van der Waals surface area contributed by atoms with E-state index in [-0.39, 0.29) is 46.3 Å². The Hall–Kier alpha value is -3.84. The molecule has 0 aliphatic carbocycles. The summed E-state index contributed by atoms with van der Waals surface area (Å²) in [5.41, 5.74) is 1.96. The number of carbonyl (C=O) groups excluding carboxylic acids is 2. The number of rotatable bonds is 8. The summed E-state index contributed by atoms with van der Waals surface area (Å²) in [6.07, 6.45) is 0.421. The number of nitriles is 1. The molecule has 0 spiro atoms. The van der Waals surface area contributed by atoms with Crippen molar-refractivity contribution in [1.82, 2.24) is 14.1 Å². The maximum Gasteiger partial charge on any atom is 0.357 e. The van der Waals surface area contributed by atoms with E-state index in [1.54, 1.807) is 43.7 Å². The number of imidazole rings is 1. The highest BCUT2D eigenvalue weighted by atomic mass is 35.5. The molecule has 1 unspecified atom stereocenters. The highest BCUT2D eigenvalue weighted by Crippen LogP contribution is 2.28. The Labute approximate surface area is 200 Å². The van der Waals surface area contributed by atoms with Gasteiger partial charge in [0.15, 0.2) is 5.69 Å². The maximum absolute atomic E-state index is 12.8. The van der Waals surface area contributed by atoms with Gasteiger partial charge in [0.05, 0.1) is 36.4 Å². The van der Waals surface area contributed by atoms with Crippen LogP contribution in [0.5, 0.6) is 0 Å². The molecule has 0 aliphatic heterocycles. The van der Waals surface area contributed by atoms with Gasteiger partial charge in [0.25, 0.3) is 0 Å². The molecule has 0 amide bonds. The molecule has 34 heavy (non-hydrogen) atoms. The second-order valence-electron chi connectivity index (χ2n) is 7.59. The van der Waals surface area contributed by atoms with Gasteiger partial charge in [-0.3, -0.25) is 13.9 Å². The van der Waals surface area contributed by atoms with Crippen LogP contribution in [0.3, 0.4) is 0 Å². The first-order chi connectivity index (χ1) is 16.2. The van der Waals surface area contributed by atoms with E-state index in [1.807, 2.05) is 6.07 Å². The molecule has 10 nitrogen and oxygen atoms in total. The van der Waals surface area contributed by atoms with Gasteiger partial charge in [0.1, 0.15) is 16.8 Å². The lowest BCUT2D eigenvalue weighted by Gasteiger charge is -2.12. The van der Waals surface area contributed by atoms with Crippen LogP contribution in [0.4, 0.5) is 11.4 Å². The predicted molar refractivity (Wildman–Crippen MR) is 126 cm³/mol. The van der Waals surface area contributed by atoms with Gasteiger partial charge in [0, 0.05) is 19.3 Å². The van der Waals surface area contributed by atoms with Crippen molar-refractivity contribution in [3.8, 4) is 6.07 Å². The molecular formula is C23H24ClN5O5. The first kappa shape index (κ1) is 24.8. The quantitative estimate of drug-likeness (QED) is 0.380. The average molecular weight is 486 g/mol. The van der Waals surface area contributed by atoms with Gasteiger partial charge < -0.3 is 14.8 Å². The van der Waals surface area contributed by atoms with E-state index in [0.29, 0.717) is 29.7 Å². The van der Waals surface area contributed by atoms with Gasteiger partial charge >= 0.3 is 17.6 Å². The Kier molecular flexibility index (Phi) is 7.58. The molecule has 3 aromatic rings. The number of carbonyl (C=O) groups is 2. The van der Waals surface area contributed by atoms with Crippen LogP contribution in [0, 0.1) is 17.2 Å². The number of aromatic nitrogens is 3. The predicted octanol–water partition coefficient (Wildman–Crippen LogP) is 3.38. The van der Waals surface area contributed by atoms with Crippen LogP contribution in [-0.2, 0) is 27.9 Å². The average Bonchev–Trinajstić information content (AvgIpc) is 3.05. The van der Waals surface area contributed by atoms with Gasteiger partial charge in [-0.25, -0.2) is 14.6 Å². The molecule has 0 radical (unpaired) electrons. The molecule has 0 aliphatic rings. The van der Waals surface area contributed by atoms with Crippen LogP contribution in [0.25, 0.3) is 11.0 Å². The first-order valence-electron chi connectivity index (χ1n) is 10.5. The number of hydrogen-bond donors (Lipinski definition) is 1. The molecule has 1 aromatic carbocycles. The highest BCUT2D eigenvalue weighted by Gasteiger charge is 2.19. The number of nitrogens with one attached hydrogen (secondary N) is 1. The van der Waals surface area contributed by atoms with E-state index in [4.69, 9.17) is 21.1 Å². The molecule has 0 saturated heterocycles. The van der Waals surface area contributed by atoms with Crippen molar-refractivity contribution in [2.45, 2.75) is 26.8 Å². The number of ether oxygens (including phenoxy) is 2. The lowest BCUT2D eigenvalue weighted by atomic mass is 10.1. The molecule has 0 saturated carbocycles. The third-order valence-corrected chi connectivity index (χ3v) is 5.66. The van der Waals surface area contributed by atoms with Crippen molar-refractivity contribution in [2.24, 2.45) is 13.0 Å². The zero-order valence-corrected chi connectivity index (χ0v) is 20.0. The van der Waals surface area contributed by atoms with Gasteiger partial charge in [-0.05, 0) is 37.6 Å². The summed E-state index contributed by atoms with van der Waals surface area (Å²) >= 11 is 6.13. The van der Waals surface area contributed by atoms with Crippen LogP contribution in [0.1, 0.15) is 36.3 Å². The van der Waals surface area contributed by atoms with E-state index in [1.165, 1.54) is 17.7 Å². The van der Waals surface area contributed by atoms with Crippen LogP contribution in [0.2, 0.25) is 5.15 Å². The van der Waals surface area contributed by atoms with E-state index in [0.717, 1.165) is 0 Å².